The summed E-state index contributed by atoms with van der Waals surface area (Å²) in [5, 5.41) is 2.88. The molecule has 1 amide bonds. The van der Waals surface area contributed by atoms with E-state index in [-0.39, 0.29) is 5.91 Å². The van der Waals surface area contributed by atoms with Gasteiger partial charge >= 0.3 is 0 Å². The Morgan fingerprint density at radius 2 is 2.31 bits per heavy atom. The number of rotatable bonds is 3. The number of likely N-dealkylation sites (tertiary alicyclic amines) is 1. The molecule has 0 aliphatic carbocycles. The van der Waals surface area contributed by atoms with Gasteiger partial charge in [0.25, 0.3) is 0 Å². The highest BCUT2D eigenvalue weighted by Gasteiger charge is 2.26. The maximum atomic E-state index is 11.5. The zero-order chi connectivity index (χ0) is 9.84. The average Bonchev–Trinajstić information content (AvgIpc) is 2.52. The number of amides is 1. The van der Waals surface area contributed by atoms with E-state index in [4.69, 9.17) is 0 Å². The number of hydrogen-bond acceptors (Lipinski definition) is 3. The quantitative estimate of drug-likeness (QED) is 0.636. The molecule has 0 aromatic heterocycles. The molecule has 1 fully saturated rings. The standard InChI is InChI=1S/C9H19N3O/c1-10-6-9(13)12-5-4-8(7-12)11(2)3/h8,10H,4-7H2,1-3H3. The van der Waals surface area contributed by atoms with Crippen molar-refractivity contribution >= 4 is 5.91 Å². The van der Waals surface area contributed by atoms with E-state index in [1.165, 1.54) is 0 Å². The van der Waals surface area contributed by atoms with Crippen molar-refractivity contribution in [2.45, 2.75) is 12.5 Å². The van der Waals surface area contributed by atoms with E-state index >= 15 is 0 Å². The lowest BCUT2D eigenvalue weighted by Gasteiger charge is -2.20. The highest BCUT2D eigenvalue weighted by Crippen LogP contribution is 2.12. The van der Waals surface area contributed by atoms with Crippen LogP contribution in [0.4, 0.5) is 0 Å². The van der Waals surface area contributed by atoms with Crippen LogP contribution < -0.4 is 5.32 Å². The van der Waals surface area contributed by atoms with Crippen molar-refractivity contribution in [1.29, 1.82) is 0 Å². The van der Waals surface area contributed by atoms with Crippen molar-refractivity contribution in [2.75, 3.05) is 40.8 Å². The Bertz CT molecular complexity index is 182. The predicted molar refractivity (Wildman–Crippen MR) is 52.6 cm³/mol. The molecule has 1 aliphatic heterocycles. The van der Waals surface area contributed by atoms with Gasteiger partial charge in [-0.1, -0.05) is 0 Å². The van der Waals surface area contributed by atoms with Gasteiger partial charge in [-0.3, -0.25) is 4.79 Å². The molecule has 4 nitrogen and oxygen atoms in total. The summed E-state index contributed by atoms with van der Waals surface area (Å²) >= 11 is 0. The third-order valence-corrected chi connectivity index (χ3v) is 2.57. The van der Waals surface area contributed by atoms with Gasteiger partial charge < -0.3 is 15.1 Å². The molecule has 1 rings (SSSR count). The van der Waals surface area contributed by atoms with Crippen molar-refractivity contribution in [2.24, 2.45) is 0 Å². The number of nitrogens with zero attached hydrogens (tertiary/aromatic N) is 2. The van der Waals surface area contributed by atoms with Gasteiger partial charge in [0.15, 0.2) is 0 Å². The minimum Gasteiger partial charge on any atom is -0.340 e. The van der Waals surface area contributed by atoms with Crippen LogP contribution in [-0.4, -0.2) is 62.5 Å². The maximum absolute atomic E-state index is 11.5. The lowest BCUT2D eigenvalue weighted by atomic mass is 10.2. The molecule has 1 N–H and O–H groups in total. The van der Waals surface area contributed by atoms with E-state index in [2.05, 4.69) is 24.3 Å². The largest absolute Gasteiger partial charge is 0.340 e. The third-order valence-electron chi connectivity index (χ3n) is 2.57. The van der Waals surface area contributed by atoms with Crippen LogP contribution in [0.2, 0.25) is 0 Å². The second-order valence-electron chi connectivity index (χ2n) is 3.78. The van der Waals surface area contributed by atoms with E-state index in [0.29, 0.717) is 12.6 Å². The molecular weight excluding hydrogens is 166 g/mol. The molecule has 4 heteroatoms. The summed E-state index contributed by atoms with van der Waals surface area (Å²) in [4.78, 5) is 15.6. The minimum atomic E-state index is 0.215. The number of hydrogen-bond donors (Lipinski definition) is 1. The first kappa shape index (κ1) is 10.5. The number of carbonyl (C=O) groups excluding carboxylic acids is 1. The number of nitrogens with one attached hydrogen (secondary N) is 1. The van der Waals surface area contributed by atoms with Crippen molar-refractivity contribution in [3.8, 4) is 0 Å². The fourth-order valence-electron chi connectivity index (χ4n) is 1.65. The molecule has 0 spiro atoms. The van der Waals surface area contributed by atoms with Crippen LogP contribution >= 0.6 is 0 Å². The maximum Gasteiger partial charge on any atom is 0.236 e. The molecule has 0 aromatic rings. The van der Waals surface area contributed by atoms with Crippen LogP contribution in [0, 0.1) is 0 Å². The van der Waals surface area contributed by atoms with Crippen molar-refractivity contribution in [3.63, 3.8) is 0 Å². The molecule has 1 atom stereocenters. The number of likely N-dealkylation sites (N-methyl/N-ethyl adjacent to an activating group) is 2. The van der Waals surface area contributed by atoms with Gasteiger partial charge in [0.2, 0.25) is 5.91 Å². The van der Waals surface area contributed by atoms with E-state index in [1.807, 2.05) is 4.90 Å². The summed E-state index contributed by atoms with van der Waals surface area (Å²) in [5.41, 5.74) is 0. The van der Waals surface area contributed by atoms with E-state index < -0.39 is 0 Å². The normalized spacial score (nSPS) is 22.8. The molecule has 76 valence electrons. The van der Waals surface area contributed by atoms with Crippen LogP contribution in [0.1, 0.15) is 6.42 Å². The van der Waals surface area contributed by atoms with Crippen molar-refractivity contribution in [3.05, 3.63) is 0 Å². The van der Waals surface area contributed by atoms with E-state index in [1.54, 1.807) is 7.05 Å². The topological polar surface area (TPSA) is 35.6 Å². The Hall–Kier alpha value is -0.610. The summed E-state index contributed by atoms with van der Waals surface area (Å²) in [7, 11) is 5.94. The van der Waals surface area contributed by atoms with Crippen LogP contribution in [0.25, 0.3) is 0 Å². The van der Waals surface area contributed by atoms with Crippen molar-refractivity contribution < 1.29 is 4.79 Å². The summed E-state index contributed by atoms with van der Waals surface area (Å²) in [6.07, 6.45) is 1.10. The van der Waals surface area contributed by atoms with Gasteiger partial charge in [-0.15, -0.1) is 0 Å². The zero-order valence-corrected chi connectivity index (χ0v) is 8.71. The Labute approximate surface area is 79.9 Å². The smallest absolute Gasteiger partial charge is 0.236 e. The summed E-state index contributed by atoms with van der Waals surface area (Å²) in [6, 6.07) is 0.542. The van der Waals surface area contributed by atoms with E-state index in [0.717, 1.165) is 19.5 Å². The molecule has 13 heavy (non-hydrogen) atoms. The Balaban J connectivity index is 2.36. The lowest BCUT2D eigenvalue weighted by Crippen LogP contribution is -2.38. The second-order valence-corrected chi connectivity index (χ2v) is 3.78. The molecule has 1 unspecified atom stereocenters. The van der Waals surface area contributed by atoms with Crippen LogP contribution in [0.15, 0.2) is 0 Å². The van der Waals surface area contributed by atoms with Crippen LogP contribution in [-0.2, 0) is 4.79 Å². The van der Waals surface area contributed by atoms with Gasteiger partial charge in [0, 0.05) is 19.1 Å². The number of carbonyl (C=O) groups is 1. The lowest BCUT2D eigenvalue weighted by molar-refractivity contribution is -0.129. The molecule has 1 saturated heterocycles. The van der Waals surface area contributed by atoms with Crippen molar-refractivity contribution in [1.82, 2.24) is 15.1 Å². The summed E-state index contributed by atoms with van der Waals surface area (Å²) < 4.78 is 0. The zero-order valence-electron chi connectivity index (χ0n) is 8.71. The molecule has 1 heterocycles. The Kier molecular flexibility index (Phi) is 3.69. The van der Waals surface area contributed by atoms with Crippen LogP contribution in [0.5, 0.6) is 0 Å². The van der Waals surface area contributed by atoms with E-state index in [9.17, 15) is 4.79 Å². The predicted octanol–water partition coefficient (Wildman–Crippen LogP) is -0.632. The second kappa shape index (κ2) is 4.58. The Morgan fingerprint density at radius 1 is 1.62 bits per heavy atom. The molecule has 0 radical (unpaired) electrons. The fraction of sp³-hybridized carbons (Fsp3) is 0.889. The van der Waals surface area contributed by atoms with Gasteiger partial charge in [-0.05, 0) is 27.6 Å². The van der Waals surface area contributed by atoms with Gasteiger partial charge in [-0.25, -0.2) is 0 Å². The first-order valence-corrected chi connectivity index (χ1v) is 4.74. The first-order valence-electron chi connectivity index (χ1n) is 4.74. The monoisotopic (exact) mass is 185 g/mol. The first-order chi connectivity index (χ1) is 6.15. The van der Waals surface area contributed by atoms with Gasteiger partial charge in [-0.2, -0.15) is 0 Å². The molecule has 0 aromatic carbocycles. The average molecular weight is 185 g/mol. The molecular formula is C9H19N3O. The van der Waals surface area contributed by atoms with Gasteiger partial charge in [0.1, 0.15) is 0 Å². The van der Waals surface area contributed by atoms with Crippen LogP contribution in [0.3, 0.4) is 0 Å². The third kappa shape index (κ3) is 2.67. The highest BCUT2D eigenvalue weighted by atomic mass is 16.2. The minimum absolute atomic E-state index is 0.215. The SMILES string of the molecule is CNCC(=O)N1CCC(N(C)C)C1. The fourth-order valence-corrected chi connectivity index (χ4v) is 1.65. The summed E-state index contributed by atoms with van der Waals surface area (Å²) in [6.45, 7) is 2.25. The summed E-state index contributed by atoms with van der Waals surface area (Å²) in [5.74, 6) is 0.215. The Morgan fingerprint density at radius 3 is 2.77 bits per heavy atom. The van der Waals surface area contributed by atoms with Gasteiger partial charge in [0.05, 0.1) is 6.54 Å². The molecule has 0 bridgehead atoms. The molecule has 1 aliphatic rings. The highest BCUT2D eigenvalue weighted by molar-refractivity contribution is 5.78. The molecule has 0 saturated carbocycles.